The summed E-state index contributed by atoms with van der Waals surface area (Å²) in [6, 6.07) is 8.25. The Bertz CT molecular complexity index is 923. The van der Waals surface area contributed by atoms with Gasteiger partial charge in [0.05, 0.1) is 19.2 Å². The van der Waals surface area contributed by atoms with E-state index < -0.39 is 17.7 Å². The number of pyridine rings is 1. The van der Waals surface area contributed by atoms with Gasteiger partial charge in [-0.05, 0) is 29.8 Å². The molecular formula is C17H13F3N4O2. The van der Waals surface area contributed by atoms with Crippen molar-refractivity contribution in [1.29, 1.82) is 0 Å². The molecule has 26 heavy (non-hydrogen) atoms. The van der Waals surface area contributed by atoms with Crippen molar-refractivity contribution in [2.45, 2.75) is 12.7 Å². The number of alkyl halides is 3. The van der Waals surface area contributed by atoms with Crippen molar-refractivity contribution in [3.05, 3.63) is 65.6 Å². The van der Waals surface area contributed by atoms with E-state index >= 15 is 0 Å². The molecule has 0 radical (unpaired) electrons. The van der Waals surface area contributed by atoms with Gasteiger partial charge < -0.3 is 4.74 Å². The fraction of sp³-hybridized carbons (Fsp3) is 0.176. The highest BCUT2D eigenvalue weighted by atomic mass is 19.4. The van der Waals surface area contributed by atoms with Crippen LogP contribution in [0.15, 0.2) is 48.8 Å². The van der Waals surface area contributed by atoms with Gasteiger partial charge in [-0.1, -0.05) is 17.3 Å². The zero-order chi connectivity index (χ0) is 18.7. The van der Waals surface area contributed by atoms with Gasteiger partial charge in [-0.3, -0.25) is 4.98 Å². The zero-order valence-electron chi connectivity index (χ0n) is 13.6. The summed E-state index contributed by atoms with van der Waals surface area (Å²) in [5, 5.41) is 7.72. The lowest BCUT2D eigenvalue weighted by atomic mass is 10.1. The molecule has 0 fully saturated rings. The summed E-state index contributed by atoms with van der Waals surface area (Å²) in [5.74, 6) is -0.695. The largest absolute Gasteiger partial charge is 0.464 e. The number of nitrogens with zero attached hydrogens (tertiary/aromatic N) is 4. The van der Waals surface area contributed by atoms with Crippen molar-refractivity contribution >= 4 is 5.97 Å². The molecule has 0 saturated heterocycles. The van der Waals surface area contributed by atoms with E-state index in [4.69, 9.17) is 4.74 Å². The first-order chi connectivity index (χ1) is 12.4. The number of methoxy groups -OCH3 is 1. The first kappa shape index (κ1) is 17.6. The molecule has 6 nitrogen and oxygen atoms in total. The maximum atomic E-state index is 12.9. The van der Waals surface area contributed by atoms with Crippen LogP contribution in [0, 0.1) is 0 Å². The molecule has 1 aromatic carbocycles. The molecule has 0 N–H and O–H groups in total. The lowest BCUT2D eigenvalue weighted by molar-refractivity contribution is -0.137. The third-order valence-electron chi connectivity index (χ3n) is 3.64. The zero-order valence-corrected chi connectivity index (χ0v) is 13.6. The third kappa shape index (κ3) is 3.56. The molecule has 0 aliphatic carbocycles. The molecule has 134 valence electrons. The molecule has 0 bridgehead atoms. The first-order valence-electron chi connectivity index (χ1n) is 7.48. The highest BCUT2D eigenvalue weighted by Gasteiger charge is 2.30. The van der Waals surface area contributed by atoms with Gasteiger partial charge in [0.1, 0.15) is 5.69 Å². The molecule has 3 aromatic rings. The van der Waals surface area contributed by atoms with E-state index in [9.17, 15) is 18.0 Å². The van der Waals surface area contributed by atoms with Crippen LogP contribution in [-0.2, 0) is 17.5 Å². The van der Waals surface area contributed by atoms with Crippen LogP contribution in [0.25, 0.3) is 11.3 Å². The Morgan fingerprint density at radius 3 is 2.69 bits per heavy atom. The maximum absolute atomic E-state index is 12.9. The molecule has 0 aliphatic rings. The molecule has 2 aromatic heterocycles. The summed E-state index contributed by atoms with van der Waals surface area (Å²) < 4.78 is 44.8. The normalized spacial score (nSPS) is 11.4. The number of halogens is 3. The summed E-state index contributed by atoms with van der Waals surface area (Å²) in [6.07, 6.45) is -1.38. The van der Waals surface area contributed by atoms with Crippen LogP contribution in [-0.4, -0.2) is 33.1 Å². The number of aromatic nitrogens is 4. The number of hydrogen-bond donors (Lipinski definition) is 0. The minimum atomic E-state index is -4.44. The Kier molecular flexibility index (Phi) is 4.70. The van der Waals surface area contributed by atoms with Crippen molar-refractivity contribution in [2.75, 3.05) is 7.11 Å². The summed E-state index contributed by atoms with van der Waals surface area (Å²) in [5.41, 5.74) is 0.442. The summed E-state index contributed by atoms with van der Waals surface area (Å²) in [6.45, 7) is -0.00184. The van der Waals surface area contributed by atoms with E-state index in [1.807, 2.05) is 0 Å². The van der Waals surface area contributed by atoms with Crippen LogP contribution >= 0.6 is 0 Å². The predicted molar refractivity (Wildman–Crippen MR) is 85.1 cm³/mol. The summed E-state index contributed by atoms with van der Waals surface area (Å²) in [7, 11) is 1.21. The second-order valence-electron chi connectivity index (χ2n) is 5.38. The van der Waals surface area contributed by atoms with Crippen LogP contribution in [0.3, 0.4) is 0 Å². The molecule has 2 heterocycles. The molecule has 9 heteroatoms. The minimum Gasteiger partial charge on any atom is -0.464 e. The van der Waals surface area contributed by atoms with Crippen LogP contribution in [0.2, 0.25) is 0 Å². The second-order valence-corrected chi connectivity index (χ2v) is 5.38. The molecule has 0 spiro atoms. The standard InChI is InChI=1S/C17H13F3N4O2/c1-26-16(25)14-15(12-5-3-7-21-9-12)24(23-22-14)10-11-4-2-6-13(8-11)17(18,19)20/h2-9H,10H2,1H3. The molecule has 0 amide bonds. The van der Waals surface area contributed by atoms with Gasteiger partial charge in [0.25, 0.3) is 0 Å². The topological polar surface area (TPSA) is 69.9 Å². The van der Waals surface area contributed by atoms with E-state index in [0.717, 1.165) is 12.1 Å². The Labute approximate surface area is 146 Å². The van der Waals surface area contributed by atoms with Gasteiger partial charge in [0.15, 0.2) is 5.69 Å². The van der Waals surface area contributed by atoms with Gasteiger partial charge in [-0.25, -0.2) is 9.48 Å². The third-order valence-corrected chi connectivity index (χ3v) is 3.64. The highest BCUT2D eigenvalue weighted by Crippen LogP contribution is 2.30. The maximum Gasteiger partial charge on any atom is 0.416 e. The van der Waals surface area contributed by atoms with Crippen LogP contribution in [0.1, 0.15) is 21.6 Å². The fourth-order valence-electron chi connectivity index (χ4n) is 2.47. The first-order valence-corrected chi connectivity index (χ1v) is 7.48. The van der Waals surface area contributed by atoms with Gasteiger partial charge in [-0.15, -0.1) is 5.10 Å². The number of ether oxygens (including phenoxy) is 1. The Balaban J connectivity index is 2.04. The van der Waals surface area contributed by atoms with E-state index in [0.29, 0.717) is 16.8 Å². The highest BCUT2D eigenvalue weighted by molar-refractivity contribution is 5.93. The van der Waals surface area contributed by atoms with Crippen molar-refractivity contribution in [2.24, 2.45) is 0 Å². The quantitative estimate of drug-likeness (QED) is 0.667. The second kappa shape index (κ2) is 6.95. The minimum absolute atomic E-state index is 0.00184. The predicted octanol–water partition coefficient (Wildman–Crippen LogP) is 3.19. The smallest absolute Gasteiger partial charge is 0.416 e. The summed E-state index contributed by atoms with van der Waals surface area (Å²) >= 11 is 0. The van der Waals surface area contributed by atoms with Crippen molar-refractivity contribution in [3.8, 4) is 11.3 Å². The molecule has 0 aliphatic heterocycles. The van der Waals surface area contributed by atoms with Crippen molar-refractivity contribution in [3.63, 3.8) is 0 Å². The van der Waals surface area contributed by atoms with Crippen LogP contribution in [0.4, 0.5) is 13.2 Å². The number of benzene rings is 1. The lowest BCUT2D eigenvalue weighted by Crippen LogP contribution is -2.09. The van der Waals surface area contributed by atoms with Crippen LogP contribution < -0.4 is 0 Å². The molecular weight excluding hydrogens is 349 g/mol. The number of hydrogen-bond acceptors (Lipinski definition) is 5. The number of rotatable bonds is 4. The average molecular weight is 362 g/mol. The Hall–Kier alpha value is -3.23. The van der Waals surface area contributed by atoms with Crippen molar-refractivity contribution < 1.29 is 22.7 Å². The van der Waals surface area contributed by atoms with Gasteiger partial charge >= 0.3 is 12.1 Å². The molecule has 3 rings (SSSR count). The molecule has 0 atom stereocenters. The fourth-order valence-corrected chi connectivity index (χ4v) is 2.47. The summed E-state index contributed by atoms with van der Waals surface area (Å²) in [4.78, 5) is 15.9. The van der Waals surface area contributed by atoms with Gasteiger partial charge in [0.2, 0.25) is 0 Å². The Morgan fingerprint density at radius 2 is 2.04 bits per heavy atom. The lowest BCUT2D eigenvalue weighted by Gasteiger charge is -2.10. The van der Waals surface area contributed by atoms with E-state index in [-0.39, 0.29) is 12.2 Å². The van der Waals surface area contributed by atoms with Crippen molar-refractivity contribution in [1.82, 2.24) is 20.0 Å². The molecule has 0 saturated carbocycles. The van der Waals surface area contributed by atoms with E-state index in [1.54, 1.807) is 24.4 Å². The van der Waals surface area contributed by atoms with E-state index in [2.05, 4.69) is 15.3 Å². The average Bonchev–Trinajstić information content (AvgIpc) is 3.05. The molecule has 0 unspecified atom stereocenters. The SMILES string of the molecule is COC(=O)c1nnn(Cc2cccc(C(F)(F)F)c2)c1-c1cccnc1. The van der Waals surface area contributed by atoms with Crippen LogP contribution in [0.5, 0.6) is 0 Å². The monoisotopic (exact) mass is 362 g/mol. The van der Waals surface area contributed by atoms with E-state index in [1.165, 1.54) is 24.1 Å². The van der Waals surface area contributed by atoms with Gasteiger partial charge in [0, 0.05) is 18.0 Å². The van der Waals surface area contributed by atoms with Gasteiger partial charge in [-0.2, -0.15) is 13.2 Å². The Morgan fingerprint density at radius 1 is 1.23 bits per heavy atom. The number of carbonyl (C=O) groups excluding carboxylic acids is 1. The number of carbonyl (C=O) groups is 1. The number of esters is 1.